The van der Waals surface area contributed by atoms with Gasteiger partial charge in [0.2, 0.25) is 20.0 Å². The van der Waals surface area contributed by atoms with Gasteiger partial charge in [0.25, 0.3) is 11.8 Å². The van der Waals surface area contributed by atoms with Crippen LogP contribution in [0.25, 0.3) is 0 Å². The van der Waals surface area contributed by atoms with Gasteiger partial charge in [-0.15, -0.1) is 22.7 Å². The molecule has 38 heavy (non-hydrogen) atoms. The number of nitrogens with one attached hydrogen (secondary N) is 2. The molecule has 3 aromatic rings. The Kier molecular flexibility index (Phi) is 8.16. The summed E-state index contributed by atoms with van der Waals surface area (Å²) in [5, 5.41) is 5.52. The maximum Gasteiger partial charge on any atom is 0.284 e. The molecule has 2 aromatic heterocycles. The summed E-state index contributed by atoms with van der Waals surface area (Å²) in [6.45, 7) is 1.31. The van der Waals surface area contributed by atoms with Crippen LogP contribution in [-0.2, 0) is 39.6 Å². The Hall–Kier alpha value is -2.56. The van der Waals surface area contributed by atoms with Gasteiger partial charge >= 0.3 is 0 Å². The SMILES string of the molecule is CN1CCc2nc(C(=O)Nc3c(CNC(=O)c4ccc(Cl)s4)cccc3N(S(C)(=O)=O)S(C)(=O)=O)sc2C1. The highest BCUT2D eigenvalue weighted by atomic mass is 35.5. The van der Waals surface area contributed by atoms with Crippen molar-refractivity contribution in [2.45, 2.75) is 19.5 Å². The van der Waals surface area contributed by atoms with Gasteiger partial charge in [-0.25, -0.2) is 21.8 Å². The fourth-order valence-electron chi connectivity index (χ4n) is 3.92. The largest absolute Gasteiger partial charge is 0.347 e. The third-order valence-electron chi connectivity index (χ3n) is 5.52. The average molecular weight is 618 g/mol. The Bertz CT molecular complexity index is 1580. The summed E-state index contributed by atoms with van der Waals surface area (Å²) in [6.07, 6.45) is 2.19. The van der Waals surface area contributed by atoms with Crippen LogP contribution >= 0.6 is 34.3 Å². The zero-order chi connectivity index (χ0) is 27.8. The number of carbonyl (C=O) groups excluding carboxylic acids is 2. The van der Waals surface area contributed by atoms with Gasteiger partial charge in [-0.1, -0.05) is 23.7 Å². The smallest absolute Gasteiger partial charge is 0.284 e. The van der Waals surface area contributed by atoms with Crippen LogP contribution in [0, 0.1) is 0 Å². The molecule has 0 radical (unpaired) electrons. The van der Waals surface area contributed by atoms with E-state index < -0.39 is 31.9 Å². The Labute approximate surface area is 233 Å². The van der Waals surface area contributed by atoms with E-state index in [1.165, 1.54) is 23.5 Å². The molecule has 11 nitrogen and oxygen atoms in total. The summed E-state index contributed by atoms with van der Waals surface area (Å²) in [7, 11) is -6.67. The Morgan fingerprint density at radius 3 is 2.42 bits per heavy atom. The van der Waals surface area contributed by atoms with Gasteiger partial charge in [0.15, 0.2) is 5.01 Å². The van der Waals surface area contributed by atoms with Crippen molar-refractivity contribution in [3.63, 3.8) is 0 Å². The van der Waals surface area contributed by atoms with Crippen molar-refractivity contribution in [2.75, 3.05) is 35.1 Å². The fraction of sp³-hybridized carbons (Fsp3) is 0.318. The third-order valence-corrected chi connectivity index (χ3v) is 11.1. The molecule has 0 fully saturated rings. The minimum atomic E-state index is -4.32. The van der Waals surface area contributed by atoms with Gasteiger partial charge in [0.05, 0.1) is 38.8 Å². The van der Waals surface area contributed by atoms with Gasteiger partial charge in [-0.2, -0.15) is 3.71 Å². The van der Waals surface area contributed by atoms with Crippen LogP contribution in [0.15, 0.2) is 30.3 Å². The molecule has 3 heterocycles. The molecule has 204 valence electrons. The number of para-hydroxylation sites is 1. The highest BCUT2D eigenvalue weighted by Gasteiger charge is 2.32. The van der Waals surface area contributed by atoms with E-state index in [1.54, 1.807) is 18.2 Å². The van der Waals surface area contributed by atoms with Gasteiger partial charge < -0.3 is 15.5 Å². The second-order valence-corrected chi connectivity index (χ2v) is 15.3. The van der Waals surface area contributed by atoms with Crippen molar-refractivity contribution in [3.8, 4) is 0 Å². The molecule has 0 unspecified atom stereocenters. The molecule has 1 aliphatic rings. The minimum absolute atomic E-state index is 0.0804. The number of nitrogens with zero attached hydrogens (tertiary/aromatic N) is 3. The second-order valence-electron chi connectivity index (χ2n) is 8.65. The third kappa shape index (κ3) is 6.35. The average Bonchev–Trinajstić information content (AvgIpc) is 3.43. The number of thiazole rings is 1. The number of rotatable bonds is 8. The van der Waals surface area contributed by atoms with E-state index in [0.717, 1.165) is 41.0 Å². The van der Waals surface area contributed by atoms with Crippen LogP contribution < -0.4 is 14.3 Å². The lowest BCUT2D eigenvalue weighted by molar-refractivity contribution is 0.0954. The lowest BCUT2D eigenvalue weighted by Gasteiger charge is -2.24. The van der Waals surface area contributed by atoms with Crippen molar-refractivity contribution in [1.29, 1.82) is 0 Å². The van der Waals surface area contributed by atoms with E-state index in [1.807, 2.05) is 7.05 Å². The number of anilines is 2. The van der Waals surface area contributed by atoms with E-state index in [0.29, 0.717) is 22.2 Å². The monoisotopic (exact) mass is 617 g/mol. The Balaban J connectivity index is 1.73. The van der Waals surface area contributed by atoms with Crippen LogP contribution in [0.3, 0.4) is 0 Å². The number of hydrogen-bond donors (Lipinski definition) is 2. The van der Waals surface area contributed by atoms with Crippen LogP contribution in [-0.4, -0.2) is 64.6 Å². The first-order valence-electron chi connectivity index (χ1n) is 11.1. The number of benzene rings is 1. The van der Waals surface area contributed by atoms with Crippen LogP contribution in [0.1, 0.15) is 35.6 Å². The number of amides is 2. The van der Waals surface area contributed by atoms with Crippen molar-refractivity contribution in [2.24, 2.45) is 0 Å². The molecule has 1 aromatic carbocycles. The topological polar surface area (TPSA) is 146 Å². The zero-order valence-electron chi connectivity index (χ0n) is 20.5. The number of aromatic nitrogens is 1. The molecule has 0 saturated heterocycles. The number of likely N-dealkylation sites (N-methyl/N-ethyl adjacent to an activating group) is 1. The van der Waals surface area contributed by atoms with Gasteiger partial charge in [-0.05, 0) is 30.8 Å². The van der Waals surface area contributed by atoms with E-state index in [2.05, 4.69) is 20.5 Å². The number of carbonyl (C=O) groups is 2. The molecular weight excluding hydrogens is 594 g/mol. The minimum Gasteiger partial charge on any atom is -0.347 e. The normalized spacial score (nSPS) is 14.1. The zero-order valence-corrected chi connectivity index (χ0v) is 24.5. The maximum atomic E-state index is 13.3. The van der Waals surface area contributed by atoms with Crippen molar-refractivity contribution >= 4 is 77.5 Å². The first-order valence-corrected chi connectivity index (χ1v) is 16.8. The predicted molar refractivity (Wildman–Crippen MR) is 149 cm³/mol. The van der Waals surface area contributed by atoms with E-state index in [-0.39, 0.29) is 32.2 Å². The highest BCUT2D eigenvalue weighted by Crippen LogP contribution is 2.34. The summed E-state index contributed by atoms with van der Waals surface area (Å²) in [6, 6.07) is 7.39. The Morgan fingerprint density at radius 1 is 1.08 bits per heavy atom. The van der Waals surface area contributed by atoms with Crippen molar-refractivity contribution in [1.82, 2.24) is 15.2 Å². The number of hydrogen-bond acceptors (Lipinski definition) is 10. The number of sulfonamides is 2. The molecule has 16 heteroatoms. The number of halogens is 1. The first-order chi connectivity index (χ1) is 17.7. The summed E-state index contributed by atoms with van der Waals surface area (Å²) in [4.78, 5) is 33.8. The van der Waals surface area contributed by atoms with Crippen molar-refractivity contribution in [3.05, 3.63) is 60.7 Å². The van der Waals surface area contributed by atoms with E-state index in [4.69, 9.17) is 11.6 Å². The molecule has 0 aliphatic carbocycles. The van der Waals surface area contributed by atoms with Crippen LogP contribution in [0.4, 0.5) is 11.4 Å². The maximum absolute atomic E-state index is 13.3. The molecule has 2 N–H and O–H groups in total. The molecule has 0 spiro atoms. The van der Waals surface area contributed by atoms with Crippen LogP contribution in [0.5, 0.6) is 0 Å². The predicted octanol–water partition coefficient (Wildman–Crippen LogP) is 2.75. The quantitative estimate of drug-likeness (QED) is 0.392. The number of fused-ring (bicyclic) bond motifs is 1. The molecule has 0 bridgehead atoms. The lowest BCUT2D eigenvalue weighted by atomic mass is 10.1. The fourth-order valence-corrected chi connectivity index (χ4v) is 8.95. The number of thiophene rings is 1. The highest BCUT2D eigenvalue weighted by molar-refractivity contribution is 8.09. The standard InChI is InChI=1S/C22H24ClN5O6S4/c1-27-10-9-14-17(12-27)36-22(25-14)21(30)26-19-13(11-24-20(29)16-7-8-18(23)35-16)5-4-6-15(19)28(37(2,31)32)38(3,33)34/h4-8H,9-12H2,1-3H3,(H,24,29)(H,26,30). The Morgan fingerprint density at radius 2 is 1.79 bits per heavy atom. The summed E-state index contributed by atoms with van der Waals surface area (Å²) >= 11 is 8.21. The first kappa shape index (κ1) is 28.4. The van der Waals surface area contributed by atoms with Crippen molar-refractivity contribution < 1.29 is 26.4 Å². The van der Waals surface area contributed by atoms with Gasteiger partial charge in [0.1, 0.15) is 0 Å². The van der Waals surface area contributed by atoms with E-state index >= 15 is 0 Å². The van der Waals surface area contributed by atoms with Gasteiger partial charge in [0, 0.05) is 30.9 Å². The lowest BCUT2D eigenvalue weighted by Crippen LogP contribution is -2.36. The summed E-state index contributed by atoms with van der Waals surface area (Å²) in [5.74, 6) is -1.07. The second kappa shape index (κ2) is 10.9. The van der Waals surface area contributed by atoms with Gasteiger partial charge in [-0.3, -0.25) is 9.59 Å². The molecular formula is C22H24ClN5O6S4. The molecule has 0 atom stereocenters. The summed E-state index contributed by atoms with van der Waals surface area (Å²) < 4.78 is 50.9. The van der Waals surface area contributed by atoms with E-state index in [9.17, 15) is 26.4 Å². The summed E-state index contributed by atoms with van der Waals surface area (Å²) in [5.41, 5.74) is 0.742. The molecule has 0 saturated carbocycles. The molecule has 1 aliphatic heterocycles. The molecule has 4 rings (SSSR count). The van der Waals surface area contributed by atoms with Crippen LogP contribution in [0.2, 0.25) is 4.34 Å². The molecule has 2 amide bonds.